The number of aromatic nitrogens is 5. The minimum absolute atomic E-state index is 0.626. The Kier molecular flexibility index (Phi) is 6.56. The van der Waals surface area contributed by atoms with Crippen LogP contribution in [0, 0.1) is 0 Å². The van der Waals surface area contributed by atoms with Gasteiger partial charge in [-0.1, -0.05) is 103 Å². The Labute approximate surface area is 273 Å². The summed E-state index contributed by atoms with van der Waals surface area (Å²) in [6.45, 7) is 0. The van der Waals surface area contributed by atoms with Gasteiger partial charge < -0.3 is 4.90 Å². The van der Waals surface area contributed by atoms with Gasteiger partial charge in [-0.3, -0.25) is 4.57 Å². The molecule has 0 saturated carbocycles. The molecule has 1 aliphatic heterocycles. The fourth-order valence-electron chi connectivity index (χ4n) is 6.65. The molecule has 7 aromatic rings. The van der Waals surface area contributed by atoms with Crippen LogP contribution in [0.3, 0.4) is 0 Å². The Morgan fingerprint density at radius 3 is 1.85 bits per heavy atom. The van der Waals surface area contributed by atoms with Gasteiger partial charge in [0.2, 0.25) is 0 Å². The van der Waals surface area contributed by atoms with Crippen LogP contribution in [-0.2, 0) is 6.42 Å². The molecule has 0 amide bonds. The number of rotatable bonds is 6. The molecule has 0 spiro atoms. The Morgan fingerprint density at radius 2 is 1.19 bits per heavy atom. The number of hydrogen-bond acceptors (Lipinski definition) is 5. The maximum Gasteiger partial charge on any atom is 0.164 e. The average Bonchev–Trinajstić information content (AvgIpc) is 3.51. The van der Waals surface area contributed by atoms with E-state index in [2.05, 4.69) is 94.4 Å². The standard InChI is InChI=1S/C41H30N6/c1-5-14-28(15-6-1)26-37-42-33-22-13-23-35-38(33)47(37)34-25-24-31(27-36(34)46(35)32-20-11-4-12-21-32)41-44-39(29-16-7-2-8-17-29)43-40(45-41)30-18-9-3-10-19-30/h2-5,7-25,27H,1,6,26H2. The number of para-hydroxylation sites is 2. The molecular formula is C41H30N6. The lowest BCUT2D eigenvalue weighted by atomic mass is 10.0. The number of allylic oxidation sites excluding steroid dienone is 4. The zero-order chi connectivity index (χ0) is 31.2. The minimum Gasteiger partial charge on any atom is -0.306 e. The summed E-state index contributed by atoms with van der Waals surface area (Å²) in [6.07, 6.45) is 9.78. The van der Waals surface area contributed by atoms with Crippen molar-refractivity contribution in [3.63, 3.8) is 0 Å². The Bertz CT molecular complexity index is 2260. The number of imidazole rings is 1. The first-order valence-corrected chi connectivity index (χ1v) is 16.0. The van der Waals surface area contributed by atoms with E-state index >= 15 is 0 Å². The van der Waals surface area contributed by atoms with Crippen molar-refractivity contribution in [1.82, 2.24) is 24.5 Å². The van der Waals surface area contributed by atoms with Gasteiger partial charge in [-0.25, -0.2) is 19.9 Å². The Morgan fingerprint density at radius 1 is 0.532 bits per heavy atom. The minimum atomic E-state index is 0.626. The summed E-state index contributed by atoms with van der Waals surface area (Å²) in [4.78, 5) is 22.5. The number of nitrogens with zero attached hydrogens (tertiary/aromatic N) is 6. The average molecular weight is 607 g/mol. The molecule has 0 unspecified atom stereocenters. The van der Waals surface area contributed by atoms with Crippen LogP contribution < -0.4 is 4.90 Å². The molecule has 0 fully saturated rings. The summed E-state index contributed by atoms with van der Waals surface area (Å²) in [7, 11) is 0. The number of benzene rings is 5. The molecule has 2 aromatic heterocycles. The monoisotopic (exact) mass is 606 g/mol. The molecule has 0 atom stereocenters. The molecule has 5 aromatic carbocycles. The van der Waals surface area contributed by atoms with Crippen molar-refractivity contribution >= 4 is 28.1 Å². The van der Waals surface area contributed by atoms with Crippen molar-refractivity contribution in [2.24, 2.45) is 0 Å². The van der Waals surface area contributed by atoms with Gasteiger partial charge in [0.15, 0.2) is 17.5 Å². The SMILES string of the molecule is C1=CC(Cc2nc3cccc4c3n2-c2ccc(-c3nc(-c5ccccc5)nc(-c5ccccc5)n3)cc2N4c2ccccc2)=CCC1. The van der Waals surface area contributed by atoms with Gasteiger partial charge in [-0.15, -0.1) is 0 Å². The van der Waals surface area contributed by atoms with Crippen molar-refractivity contribution in [1.29, 1.82) is 0 Å². The summed E-state index contributed by atoms with van der Waals surface area (Å²) in [5, 5.41) is 0. The number of anilines is 3. The van der Waals surface area contributed by atoms with E-state index in [1.165, 1.54) is 5.57 Å². The molecule has 9 rings (SSSR count). The third-order valence-corrected chi connectivity index (χ3v) is 8.83. The van der Waals surface area contributed by atoms with E-state index in [1.807, 2.05) is 60.7 Å². The molecule has 1 aliphatic carbocycles. The Hall–Kier alpha value is -6.14. The molecule has 47 heavy (non-hydrogen) atoms. The van der Waals surface area contributed by atoms with Crippen molar-refractivity contribution in [2.45, 2.75) is 19.3 Å². The fraction of sp³-hybridized carbons (Fsp3) is 0.0732. The highest BCUT2D eigenvalue weighted by atomic mass is 15.2. The third-order valence-electron chi connectivity index (χ3n) is 8.83. The summed E-state index contributed by atoms with van der Waals surface area (Å²) in [6, 6.07) is 43.7. The molecule has 0 saturated heterocycles. The third kappa shape index (κ3) is 4.82. The van der Waals surface area contributed by atoms with Crippen molar-refractivity contribution in [3.05, 3.63) is 157 Å². The first-order valence-electron chi connectivity index (χ1n) is 16.0. The van der Waals surface area contributed by atoms with Crippen LogP contribution in [0.5, 0.6) is 0 Å². The molecule has 224 valence electrons. The molecule has 0 N–H and O–H groups in total. The van der Waals surface area contributed by atoms with Crippen molar-refractivity contribution < 1.29 is 0 Å². The van der Waals surface area contributed by atoms with E-state index in [0.717, 1.165) is 75.6 Å². The van der Waals surface area contributed by atoms with Crippen LogP contribution in [0.1, 0.15) is 18.7 Å². The molecule has 0 bridgehead atoms. The summed E-state index contributed by atoms with van der Waals surface area (Å²) < 4.78 is 2.35. The van der Waals surface area contributed by atoms with Gasteiger partial charge >= 0.3 is 0 Å². The van der Waals surface area contributed by atoms with E-state index < -0.39 is 0 Å². The van der Waals surface area contributed by atoms with Crippen LogP contribution in [0.15, 0.2) is 151 Å². The molecule has 3 heterocycles. The van der Waals surface area contributed by atoms with Crippen LogP contribution in [0.25, 0.3) is 50.9 Å². The summed E-state index contributed by atoms with van der Waals surface area (Å²) >= 11 is 0. The van der Waals surface area contributed by atoms with Crippen LogP contribution in [0.4, 0.5) is 17.1 Å². The van der Waals surface area contributed by atoms with Crippen molar-refractivity contribution in [3.8, 4) is 39.9 Å². The summed E-state index contributed by atoms with van der Waals surface area (Å²) in [5.74, 6) is 2.94. The van der Waals surface area contributed by atoms with Gasteiger partial charge in [0.05, 0.1) is 28.1 Å². The molecule has 0 radical (unpaired) electrons. The first kappa shape index (κ1) is 27.2. The molecule has 6 nitrogen and oxygen atoms in total. The largest absolute Gasteiger partial charge is 0.306 e. The predicted octanol–water partition coefficient (Wildman–Crippen LogP) is 9.81. The number of fused-ring (bicyclic) bond motifs is 2. The highest BCUT2D eigenvalue weighted by Crippen LogP contribution is 2.48. The van der Waals surface area contributed by atoms with Crippen LogP contribution in [0.2, 0.25) is 0 Å². The van der Waals surface area contributed by atoms with Crippen molar-refractivity contribution in [2.75, 3.05) is 4.90 Å². The van der Waals surface area contributed by atoms with Crippen LogP contribution in [-0.4, -0.2) is 24.5 Å². The second-order valence-corrected chi connectivity index (χ2v) is 11.9. The highest BCUT2D eigenvalue weighted by molar-refractivity contribution is 6.02. The zero-order valence-corrected chi connectivity index (χ0v) is 25.7. The van der Waals surface area contributed by atoms with Gasteiger partial charge in [-0.2, -0.15) is 0 Å². The molecule has 2 aliphatic rings. The molecular weight excluding hydrogens is 576 g/mol. The lowest BCUT2D eigenvalue weighted by Crippen LogP contribution is -2.19. The van der Waals surface area contributed by atoms with Gasteiger partial charge in [0.1, 0.15) is 5.82 Å². The first-order chi connectivity index (χ1) is 23.3. The fourth-order valence-corrected chi connectivity index (χ4v) is 6.65. The quantitative estimate of drug-likeness (QED) is 0.189. The van der Waals surface area contributed by atoms with E-state index in [-0.39, 0.29) is 0 Å². The maximum atomic E-state index is 5.20. The van der Waals surface area contributed by atoms with Gasteiger partial charge in [0.25, 0.3) is 0 Å². The lowest BCUT2D eigenvalue weighted by molar-refractivity contribution is 0.903. The van der Waals surface area contributed by atoms with E-state index in [1.54, 1.807) is 0 Å². The Balaban J connectivity index is 1.27. The predicted molar refractivity (Wildman–Crippen MR) is 189 cm³/mol. The van der Waals surface area contributed by atoms with E-state index in [0.29, 0.717) is 17.5 Å². The smallest absolute Gasteiger partial charge is 0.164 e. The van der Waals surface area contributed by atoms with E-state index in [9.17, 15) is 0 Å². The van der Waals surface area contributed by atoms with E-state index in [4.69, 9.17) is 19.9 Å². The second kappa shape index (κ2) is 11.3. The second-order valence-electron chi connectivity index (χ2n) is 11.9. The van der Waals surface area contributed by atoms with Gasteiger partial charge in [-0.05, 0) is 60.9 Å². The lowest BCUT2D eigenvalue weighted by Gasteiger charge is -2.33. The summed E-state index contributed by atoms with van der Waals surface area (Å²) in [5.41, 5.74) is 10.5. The highest BCUT2D eigenvalue weighted by Gasteiger charge is 2.30. The molecule has 6 heteroatoms. The normalized spacial score (nSPS) is 13.4. The number of hydrogen-bond donors (Lipinski definition) is 0. The van der Waals surface area contributed by atoms with Crippen LogP contribution >= 0.6 is 0 Å². The topological polar surface area (TPSA) is 59.7 Å². The van der Waals surface area contributed by atoms with Gasteiger partial charge in [0, 0.05) is 28.8 Å². The zero-order valence-electron chi connectivity index (χ0n) is 25.7. The maximum absolute atomic E-state index is 5.20.